The van der Waals surface area contributed by atoms with Gasteiger partial charge in [0.25, 0.3) is 0 Å². The van der Waals surface area contributed by atoms with Crippen LogP contribution in [0.4, 0.5) is 0 Å². The fourth-order valence-electron chi connectivity index (χ4n) is 2.15. The third kappa shape index (κ3) is 2.06. The van der Waals surface area contributed by atoms with Crippen molar-refractivity contribution in [3.63, 3.8) is 0 Å². The van der Waals surface area contributed by atoms with Crippen LogP contribution in [0.3, 0.4) is 0 Å². The van der Waals surface area contributed by atoms with Gasteiger partial charge >= 0.3 is 0 Å². The van der Waals surface area contributed by atoms with Crippen LogP contribution in [0.2, 0.25) is 5.02 Å². The first-order chi connectivity index (χ1) is 9.68. The van der Waals surface area contributed by atoms with E-state index in [0.717, 1.165) is 11.3 Å². The average molecular weight is 285 g/mol. The normalized spacial score (nSPS) is 10.7. The molecule has 0 fully saturated rings. The molecule has 0 amide bonds. The second-order valence-corrected chi connectivity index (χ2v) is 4.93. The number of aromatic nitrogens is 2. The van der Waals surface area contributed by atoms with E-state index in [1.807, 2.05) is 61.5 Å². The molecule has 0 spiro atoms. The van der Waals surface area contributed by atoms with Crippen LogP contribution in [-0.4, -0.2) is 14.9 Å². The molecular formula is C16H13ClN2O. The molecule has 1 heterocycles. The summed E-state index contributed by atoms with van der Waals surface area (Å²) in [6.07, 6.45) is 0. The zero-order chi connectivity index (χ0) is 14.1. The first-order valence-corrected chi connectivity index (χ1v) is 6.65. The van der Waals surface area contributed by atoms with Crippen molar-refractivity contribution in [2.75, 3.05) is 0 Å². The molecule has 4 heteroatoms. The zero-order valence-corrected chi connectivity index (χ0v) is 11.7. The van der Waals surface area contributed by atoms with Crippen molar-refractivity contribution in [2.24, 2.45) is 0 Å². The molecular weight excluding hydrogens is 272 g/mol. The molecule has 0 saturated carbocycles. The maximum atomic E-state index is 10.3. The minimum absolute atomic E-state index is 0.131. The summed E-state index contributed by atoms with van der Waals surface area (Å²) < 4.78 is 1.52. The maximum absolute atomic E-state index is 10.3. The van der Waals surface area contributed by atoms with E-state index in [0.29, 0.717) is 16.3 Å². The summed E-state index contributed by atoms with van der Waals surface area (Å²) in [6.45, 7) is 1.83. The summed E-state index contributed by atoms with van der Waals surface area (Å²) in [5, 5.41) is 15.4. The van der Waals surface area contributed by atoms with E-state index >= 15 is 0 Å². The number of hydrogen-bond acceptors (Lipinski definition) is 2. The Kier molecular flexibility index (Phi) is 3.20. The van der Waals surface area contributed by atoms with Gasteiger partial charge in [-0.1, -0.05) is 48.0 Å². The van der Waals surface area contributed by atoms with Crippen molar-refractivity contribution in [3.8, 4) is 22.8 Å². The molecule has 2 aromatic carbocycles. The van der Waals surface area contributed by atoms with E-state index in [1.54, 1.807) is 0 Å². The van der Waals surface area contributed by atoms with Gasteiger partial charge in [0, 0.05) is 11.1 Å². The predicted molar refractivity (Wildman–Crippen MR) is 80.4 cm³/mol. The molecule has 0 aliphatic rings. The standard InChI is InChI=1S/C16H13ClN2O/c1-11-15(13-9-5-6-10-14(13)17)18-19(16(11)20)12-7-3-2-4-8-12/h2-10,20H,1H3. The third-order valence-corrected chi connectivity index (χ3v) is 3.55. The van der Waals surface area contributed by atoms with Crippen molar-refractivity contribution >= 4 is 11.6 Å². The molecule has 20 heavy (non-hydrogen) atoms. The third-order valence-electron chi connectivity index (χ3n) is 3.22. The quantitative estimate of drug-likeness (QED) is 0.765. The molecule has 0 unspecified atom stereocenters. The van der Waals surface area contributed by atoms with Crippen LogP contribution in [0.15, 0.2) is 54.6 Å². The molecule has 0 atom stereocenters. The lowest BCUT2D eigenvalue weighted by Gasteiger charge is -2.02. The van der Waals surface area contributed by atoms with Crippen LogP contribution < -0.4 is 0 Å². The number of halogens is 1. The van der Waals surface area contributed by atoms with Gasteiger partial charge in [0.2, 0.25) is 5.88 Å². The van der Waals surface area contributed by atoms with Crippen LogP contribution in [0.1, 0.15) is 5.56 Å². The minimum Gasteiger partial charge on any atom is -0.493 e. The first kappa shape index (κ1) is 12.8. The summed E-state index contributed by atoms with van der Waals surface area (Å²) in [6, 6.07) is 17.0. The predicted octanol–water partition coefficient (Wildman–Crippen LogP) is 4.21. The number of rotatable bonds is 2. The van der Waals surface area contributed by atoms with Crippen molar-refractivity contribution in [3.05, 3.63) is 65.2 Å². The molecule has 100 valence electrons. The molecule has 0 aliphatic carbocycles. The van der Waals surface area contributed by atoms with Gasteiger partial charge in [0.15, 0.2) is 0 Å². The van der Waals surface area contributed by atoms with Gasteiger partial charge in [-0.15, -0.1) is 0 Å². The molecule has 0 aliphatic heterocycles. The summed E-state index contributed by atoms with van der Waals surface area (Å²) in [5.74, 6) is 0.131. The second-order valence-electron chi connectivity index (χ2n) is 4.52. The van der Waals surface area contributed by atoms with Crippen molar-refractivity contribution < 1.29 is 5.11 Å². The Balaban J connectivity index is 2.19. The Morgan fingerprint density at radius 1 is 1.00 bits per heavy atom. The molecule has 0 saturated heterocycles. The molecule has 1 N–H and O–H groups in total. The van der Waals surface area contributed by atoms with E-state index in [-0.39, 0.29) is 5.88 Å². The van der Waals surface area contributed by atoms with Gasteiger partial charge in [-0.05, 0) is 25.1 Å². The van der Waals surface area contributed by atoms with Crippen LogP contribution in [0, 0.1) is 6.92 Å². The number of aromatic hydroxyl groups is 1. The largest absolute Gasteiger partial charge is 0.493 e. The van der Waals surface area contributed by atoms with E-state index in [2.05, 4.69) is 5.10 Å². The smallest absolute Gasteiger partial charge is 0.217 e. The highest BCUT2D eigenvalue weighted by Crippen LogP contribution is 2.34. The Labute approximate surface area is 122 Å². The van der Waals surface area contributed by atoms with Crippen LogP contribution in [0.25, 0.3) is 16.9 Å². The molecule has 3 rings (SSSR count). The summed E-state index contributed by atoms with van der Waals surface area (Å²) in [7, 11) is 0. The Bertz CT molecular complexity index is 750. The highest BCUT2D eigenvalue weighted by Gasteiger charge is 2.17. The van der Waals surface area contributed by atoms with Crippen molar-refractivity contribution in [1.29, 1.82) is 0 Å². The van der Waals surface area contributed by atoms with E-state index in [1.165, 1.54) is 4.68 Å². The lowest BCUT2D eigenvalue weighted by atomic mass is 10.1. The van der Waals surface area contributed by atoms with E-state index in [9.17, 15) is 5.11 Å². The fraction of sp³-hybridized carbons (Fsp3) is 0.0625. The lowest BCUT2D eigenvalue weighted by Crippen LogP contribution is -1.95. The van der Waals surface area contributed by atoms with Crippen molar-refractivity contribution in [1.82, 2.24) is 9.78 Å². The van der Waals surface area contributed by atoms with Gasteiger partial charge in [0.05, 0.1) is 10.7 Å². The van der Waals surface area contributed by atoms with Crippen LogP contribution >= 0.6 is 11.6 Å². The lowest BCUT2D eigenvalue weighted by molar-refractivity contribution is 0.430. The topological polar surface area (TPSA) is 38.0 Å². The van der Waals surface area contributed by atoms with Gasteiger partial charge in [-0.3, -0.25) is 0 Å². The monoisotopic (exact) mass is 284 g/mol. The second kappa shape index (κ2) is 5.02. The Morgan fingerprint density at radius 3 is 2.35 bits per heavy atom. The first-order valence-electron chi connectivity index (χ1n) is 6.27. The number of hydrogen-bond donors (Lipinski definition) is 1. The molecule has 0 bridgehead atoms. The average Bonchev–Trinajstić information content (AvgIpc) is 2.77. The summed E-state index contributed by atoms with van der Waals surface area (Å²) >= 11 is 6.21. The van der Waals surface area contributed by atoms with Crippen LogP contribution in [0.5, 0.6) is 5.88 Å². The molecule has 3 aromatic rings. The van der Waals surface area contributed by atoms with Gasteiger partial charge in [-0.25, -0.2) is 4.68 Å². The van der Waals surface area contributed by atoms with Gasteiger partial charge in [-0.2, -0.15) is 5.10 Å². The van der Waals surface area contributed by atoms with E-state index < -0.39 is 0 Å². The highest BCUT2D eigenvalue weighted by molar-refractivity contribution is 6.33. The maximum Gasteiger partial charge on any atom is 0.217 e. The zero-order valence-electron chi connectivity index (χ0n) is 10.9. The molecule has 0 radical (unpaired) electrons. The minimum atomic E-state index is 0.131. The highest BCUT2D eigenvalue weighted by atomic mass is 35.5. The van der Waals surface area contributed by atoms with Crippen molar-refractivity contribution in [2.45, 2.75) is 6.92 Å². The van der Waals surface area contributed by atoms with Gasteiger partial charge < -0.3 is 5.11 Å². The summed E-state index contributed by atoms with van der Waals surface area (Å²) in [5.41, 5.74) is 3.03. The number of nitrogens with zero attached hydrogens (tertiary/aromatic N) is 2. The fourth-order valence-corrected chi connectivity index (χ4v) is 2.37. The Morgan fingerprint density at radius 2 is 1.65 bits per heavy atom. The molecule has 1 aromatic heterocycles. The summed E-state index contributed by atoms with van der Waals surface area (Å²) in [4.78, 5) is 0. The van der Waals surface area contributed by atoms with E-state index in [4.69, 9.17) is 11.6 Å². The Hall–Kier alpha value is -2.26. The number of para-hydroxylation sites is 1. The van der Waals surface area contributed by atoms with Crippen LogP contribution in [-0.2, 0) is 0 Å². The SMILES string of the molecule is Cc1c(-c2ccccc2Cl)nn(-c2ccccc2)c1O. The molecule has 3 nitrogen and oxygen atoms in total. The van der Waals surface area contributed by atoms with Gasteiger partial charge in [0.1, 0.15) is 5.69 Å². The number of benzene rings is 2.